The minimum absolute atomic E-state index is 0.0604. The van der Waals surface area contributed by atoms with Crippen molar-refractivity contribution in [3.63, 3.8) is 0 Å². The van der Waals surface area contributed by atoms with Gasteiger partial charge in [-0.25, -0.2) is 0 Å². The summed E-state index contributed by atoms with van der Waals surface area (Å²) in [6.07, 6.45) is 1.06. The van der Waals surface area contributed by atoms with Crippen molar-refractivity contribution in [1.82, 2.24) is 0 Å². The number of hydrogen-bond donors (Lipinski definition) is 1. The van der Waals surface area contributed by atoms with E-state index in [1.807, 2.05) is 11.4 Å². The lowest BCUT2D eigenvalue weighted by Gasteiger charge is -2.10. The smallest absolute Gasteiger partial charge is 0.129 e. The van der Waals surface area contributed by atoms with E-state index in [1.165, 1.54) is 5.56 Å². The molecule has 0 spiro atoms. The molecule has 0 aliphatic carbocycles. The Kier molecular flexibility index (Phi) is 3.82. The summed E-state index contributed by atoms with van der Waals surface area (Å²) in [4.78, 5) is 1.13. The van der Waals surface area contributed by atoms with Crippen molar-refractivity contribution < 1.29 is 4.74 Å². The molecule has 1 unspecified atom stereocenters. The van der Waals surface area contributed by atoms with E-state index in [1.54, 1.807) is 18.4 Å². The summed E-state index contributed by atoms with van der Waals surface area (Å²) in [5.74, 6) is 0.880. The van der Waals surface area contributed by atoms with E-state index in [9.17, 15) is 0 Å². The van der Waals surface area contributed by atoms with Gasteiger partial charge >= 0.3 is 0 Å². The Hall–Kier alpha value is -1.32. The first-order valence-electron chi connectivity index (χ1n) is 5.71. The molecule has 0 fully saturated rings. The minimum atomic E-state index is -0.0604. The van der Waals surface area contributed by atoms with Gasteiger partial charge in [-0.2, -0.15) is 0 Å². The van der Waals surface area contributed by atoms with Gasteiger partial charge < -0.3 is 10.5 Å². The van der Waals surface area contributed by atoms with Gasteiger partial charge in [0, 0.05) is 10.3 Å². The van der Waals surface area contributed by atoms with Crippen LogP contribution in [0, 0.1) is 0 Å². The molecule has 3 heteroatoms. The van der Waals surface area contributed by atoms with Gasteiger partial charge in [-0.1, -0.05) is 31.2 Å². The lowest BCUT2D eigenvalue weighted by atomic mass is 10.0. The molecule has 0 saturated carbocycles. The second-order valence-corrected chi connectivity index (χ2v) is 4.90. The third kappa shape index (κ3) is 2.68. The first-order chi connectivity index (χ1) is 8.24. The first kappa shape index (κ1) is 12.1. The fourth-order valence-electron chi connectivity index (χ4n) is 1.73. The summed E-state index contributed by atoms with van der Waals surface area (Å²) in [5, 5.41) is 1.98. The molecule has 2 aromatic rings. The Morgan fingerprint density at radius 1 is 1.29 bits per heavy atom. The van der Waals surface area contributed by atoms with E-state index < -0.39 is 0 Å². The van der Waals surface area contributed by atoms with Crippen LogP contribution < -0.4 is 10.5 Å². The molecule has 17 heavy (non-hydrogen) atoms. The zero-order valence-corrected chi connectivity index (χ0v) is 11.0. The summed E-state index contributed by atoms with van der Waals surface area (Å²) in [6, 6.07) is 10.4. The molecule has 0 bridgehead atoms. The van der Waals surface area contributed by atoms with Crippen molar-refractivity contribution in [3.05, 3.63) is 51.7 Å². The monoisotopic (exact) mass is 247 g/mol. The average molecular weight is 247 g/mol. The number of thiophene rings is 1. The van der Waals surface area contributed by atoms with Crippen molar-refractivity contribution >= 4 is 11.3 Å². The Morgan fingerprint density at radius 3 is 2.53 bits per heavy atom. The second-order valence-electron chi connectivity index (χ2n) is 3.96. The Balaban J connectivity index is 2.20. The van der Waals surface area contributed by atoms with Gasteiger partial charge in [0.15, 0.2) is 0 Å². The van der Waals surface area contributed by atoms with Crippen LogP contribution in [0.1, 0.15) is 29.0 Å². The zero-order valence-electron chi connectivity index (χ0n) is 10.1. The number of ether oxygens (including phenoxy) is 1. The molecule has 0 radical (unpaired) electrons. The summed E-state index contributed by atoms with van der Waals surface area (Å²) in [6.45, 7) is 2.15. The number of aryl methyl sites for hydroxylation is 1. The molecule has 2 N–H and O–H groups in total. The molecule has 0 saturated heterocycles. The van der Waals surface area contributed by atoms with Gasteiger partial charge in [-0.15, -0.1) is 11.3 Å². The highest BCUT2D eigenvalue weighted by Crippen LogP contribution is 2.29. The highest BCUT2D eigenvalue weighted by molar-refractivity contribution is 7.10. The van der Waals surface area contributed by atoms with E-state index in [0.29, 0.717) is 0 Å². The number of methoxy groups -OCH3 is 1. The highest BCUT2D eigenvalue weighted by atomic mass is 32.1. The molecule has 0 aliphatic heterocycles. The van der Waals surface area contributed by atoms with E-state index in [4.69, 9.17) is 10.5 Å². The predicted octanol–water partition coefficient (Wildman–Crippen LogP) is 3.37. The molecule has 2 nitrogen and oxygen atoms in total. The molecule has 90 valence electrons. The third-order valence-electron chi connectivity index (χ3n) is 2.88. The van der Waals surface area contributed by atoms with Crippen LogP contribution in [0.5, 0.6) is 5.75 Å². The largest absolute Gasteiger partial charge is 0.496 e. The molecule has 0 amide bonds. The van der Waals surface area contributed by atoms with Gasteiger partial charge in [0.25, 0.3) is 0 Å². The quantitative estimate of drug-likeness (QED) is 0.899. The summed E-state index contributed by atoms with van der Waals surface area (Å²) < 4.78 is 5.17. The normalized spacial score (nSPS) is 12.4. The minimum Gasteiger partial charge on any atom is -0.496 e. The Morgan fingerprint density at radius 2 is 2.00 bits per heavy atom. The van der Waals surface area contributed by atoms with Gasteiger partial charge in [-0.3, -0.25) is 0 Å². The third-order valence-corrected chi connectivity index (χ3v) is 3.88. The predicted molar refractivity (Wildman–Crippen MR) is 72.7 cm³/mol. The zero-order chi connectivity index (χ0) is 12.3. The van der Waals surface area contributed by atoms with E-state index >= 15 is 0 Å². The number of benzene rings is 1. The van der Waals surface area contributed by atoms with Crippen LogP contribution in [0.15, 0.2) is 35.7 Å². The SMILES string of the molecule is CCc1ccc(C(N)c2cc(OC)cs2)cc1. The maximum atomic E-state index is 6.23. The van der Waals surface area contributed by atoms with Crippen LogP contribution in [-0.2, 0) is 6.42 Å². The molecule has 1 heterocycles. The Labute approximate surface area is 106 Å². The van der Waals surface area contributed by atoms with Crippen molar-refractivity contribution in [2.45, 2.75) is 19.4 Å². The molecule has 1 aromatic carbocycles. The molecule has 2 rings (SSSR count). The Bertz CT molecular complexity index is 475. The maximum absolute atomic E-state index is 6.23. The highest BCUT2D eigenvalue weighted by Gasteiger charge is 2.11. The van der Waals surface area contributed by atoms with Crippen molar-refractivity contribution in [2.24, 2.45) is 5.73 Å². The fourth-order valence-corrected chi connectivity index (χ4v) is 2.61. The number of hydrogen-bond acceptors (Lipinski definition) is 3. The molecule has 1 atom stereocenters. The lowest BCUT2D eigenvalue weighted by molar-refractivity contribution is 0.416. The lowest BCUT2D eigenvalue weighted by Crippen LogP contribution is -2.10. The average Bonchev–Trinajstić information content (AvgIpc) is 2.87. The number of nitrogens with two attached hydrogens (primary N) is 1. The van der Waals surface area contributed by atoms with Crippen molar-refractivity contribution in [3.8, 4) is 5.75 Å². The summed E-state index contributed by atoms with van der Waals surface area (Å²) in [7, 11) is 1.67. The standard InChI is InChI=1S/C14H17NOS/c1-3-10-4-6-11(7-5-10)14(15)13-8-12(16-2)9-17-13/h4-9,14H,3,15H2,1-2H3. The van der Waals surface area contributed by atoms with Crippen LogP contribution in [0.3, 0.4) is 0 Å². The van der Waals surface area contributed by atoms with Gasteiger partial charge in [0.1, 0.15) is 5.75 Å². The van der Waals surface area contributed by atoms with E-state index in [0.717, 1.165) is 22.6 Å². The molecular weight excluding hydrogens is 230 g/mol. The molecule has 0 aliphatic rings. The van der Waals surface area contributed by atoms with E-state index in [2.05, 4.69) is 31.2 Å². The fraction of sp³-hybridized carbons (Fsp3) is 0.286. The molecular formula is C14H17NOS. The maximum Gasteiger partial charge on any atom is 0.129 e. The molecule has 1 aromatic heterocycles. The topological polar surface area (TPSA) is 35.2 Å². The van der Waals surface area contributed by atoms with Crippen LogP contribution in [0.2, 0.25) is 0 Å². The van der Waals surface area contributed by atoms with Gasteiger partial charge in [0.05, 0.1) is 13.2 Å². The van der Waals surface area contributed by atoms with Gasteiger partial charge in [-0.05, 0) is 23.6 Å². The van der Waals surface area contributed by atoms with Gasteiger partial charge in [0.2, 0.25) is 0 Å². The second kappa shape index (κ2) is 5.34. The first-order valence-corrected chi connectivity index (χ1v) is 6.59. The summed E-state index contributed by atoms with van der Waals surface area (Å²) >= 11 is 1.64. The van der Waals surface area contributed by atoms with Crippen LogP contribution in [-0.4, -0.2) is 7.11 Å². The van der Waals surface area contributed by atoms with E-state index in [-0.39, 0.29) is 6.04 Å². The van der Waals surface area contributed by atoms with Crippen LogP contribution in [0.4, 0.5) is 0 Å². The van der Waals surface area contributed by atoms with Crippen molar-refractivity contribution in [1.29, 1.82) is 0 Å². The number of rotatable bonds is 4. The van der Waals surface area contributed by atoms with Crippen LogP contribution >= 0.6 is 11.3 Å². The van der Waals surface area contributed by atoms with Crippen LogP contribution in [0.25, 0.3) is 0 Å². The van der Waals surface area contributed by atoms with Crippen molar-refractivity contribution in [2.75, 3.05) is 7.11 Å². The summed E-state index contributed by atoms with van der Waals surface area (Å²) in [5.41, 5.74) is 8.71.